The first-order valence-corrected chi connectivity index (χ1v) is 11.6. The lowest BCUT2D eigenvalue weighted by Gasteiger charge is -2.50. The minimum atomic E-state index is -0.847. The molecule has 0 saturated carbocycles. The van der Waals surface area contributed by atoms with Crippen LogP contribution in [0, 0.1) is 35.3 Å². The van der Waals surface area contributed by atoms with Gasteiger partial charge in [0.1, 0.15) is 11.6 Å². The van der Waals surface area contributed by atoms with Crippen LogP contribution in [0.4, 0.5) is 14.6 Å². The highest BCUT2D eigenvalue weighted by atomic mass is 35.5. The lowest BCUT2D eigenvalue weighted by atomic mass is 9.68. The molecule has 0 spiro atoms. The van der Waals surface area contributed by atoms with Crippen molar-refractivity contribution in [3.63, 3.8) is 0 Å². The van der Waals surface area contributed by atoms with Gasteiger partial charge in [-0.15, -0.1) is 17.5 Å². The first-order chi connectivity index (χ1) is 15.6. The zero-order valence-electron chi connectivity index (χ0n) is 20.0. The predicted octanol–water partition coefficient (Wildman–Crippen LogP) is 3.90. The first-order valence-electron chi connectivity index (χ1n) is 11.6. The second kappa shape index (κ2) is 10.1. The first kappa shape index (κ1) is 26.3. The van der Waals surface area contributed by atoms with Gasteiger partial charge in [0, 0.05) is 56.2 Å². The lowest BCUT2D eigenvalue weighted by molar-refractivity contribution is -0.159. The maximum absolute atomic E-state index is 14.8. The van der Waals surface area contributed by atoms with Crippen LogP contribution in [0.3, 0.4) is 0 Å². The molecule has 2 saturated heterocycles. The van der Waals surface area contributed by atoms with Gasteiger partial charge < -0.3 is 14.9 Å². The van der Waals surface area contributed by atoms with E-state index in [1.807, 2.05) is 43.6 Å². The van der Waals surface area contributed by atoms with Gasteiger partial charge in [-0.2, -0.15) is 5.10 Å². The maximum Gasteiger partial charge on any atom is 0.228 e. The van der Waals surface area contributed by atoms with Gasteiger partial charge in [-0.1, -0.05) is 33.8 Å². The molecule has 2 aliphatic heterocycles. The molecule has 6 nitrogen and oxygen atoms in total. The van der Waals surface area contributed by atoms with Crippen LogP contribution in [0.5, 0.6) is 0 Å². The topological polar surface area (TPSA) is 69.6 Å². The van der Waals surface area contributed by atoms with Crippen LogP contribution in [0.2, 0.25) is 0 Å². The van der Waals surface area contributed by atoms with E-state index in [1.165, 1.54) is 12.1 Å². The van der Waals surface area contributed by atoms with E-state index in [-0.39, 0.29) is 36.1 Å². The van der Waals surface area contributed by atoms with Crippen molar-refractivity contribution >= 4 is 24.1 Å². The molecule has 3 heterocycles. The number of rotatable bonds is 4. The Bertz CT molecular complexity index is 998. The molecule has 0 bridgehead atoms. The van der Waals surface area contributed by atoms with Crippen molar-refractivity contribution in [2.75, 3.05) is 31.1 Å². The molecule has 5 atom stereocenters. The number of halogens is 3. The summed E-state index contributed by atoms with van der Waals surface area (Å²) in [7, 11) is 0. The molecule has 1 unspecified atom stereocenters. The van der Waals surface area contributed by atoms with Crippen molar-refractivity contribution in [2.24, 2.45) is 23.7 Å². The molecular weight excluding hydrogens is 462 g/mol. The maximum atomic E-state index is 14.8. The van der Waals surface area contributed by atoms with Gasteiger partial charge in [0.2, 0.25) is 5.91 Å². The summed E-state index contributed by atoms with van der Waals surface area (Å²) in [5.41, 5.74) is -0.515. The Morgan fingerprint density at radius 1 is 1.12 bits per heavy atom. The van der Waals surface area contributed by atoms with Crippen LogP contribution in [-0.2, 0) is 4.79 Å². The van der Waals surface area contributed by atoms with Gasteiger partial charge in [-0.25, -0.2) is 8.78 Å². The van der Waals surface area contributed by atoms with E-state index in [0.717, 1.165) is 6.07 Å². The van der Waals surface area contributed by atoms with E-state index >= 15 is 0 Å². The number of piperidine rings is 1. The number of benzene rings is 1. The fraction of sp³-hybridized carbons (Fsp3) is 0.560. The number of anilines is 1. The average Bonchev–Trinajstić information content (AvgIpc) is 3.22. The quantitative estimate of drug-likeness (QED) is 0.698. The summed E-state index contributed by atoms with van der Waals surface area (Å²) in [6.07, 6.45) is 1.58. The van der Waals surface area contributed by atoms with Gasteiger partial charge in [0.15, 0.2) is 5.82 Å². The van der Waals surface area contributed by atoms with Gasteiger partial charge in [0.25, 0.3) is 0 Å². The summed E-state index contributed by atoms with van der Waals surface area (Å²) >= 11 is 0. The van der Waals surface area contributed by atoms with Gasteiger partial charge in [0.05, 0.1) is 11.5 Å². The second-order valence-corrected chi connectivity index (χ2v) is 9.95. The molecule has 1 amide bonds. The third kappa shape index (κ3) is 4.62. The fourth-order valence-corrected chi connectivity index (χ4v) is 5.89. The number of hydrogen-bond acceptors (Lipinski definition) is 5. The molecule has 34 heavy (non-hydrogen) atoms. The number of nitrogens with zero attached hydrogens (tertiary/aromatic N) is 4. The number of aromatic nitrogens is 2. The summed E-state index contributed by atoms with van der Waals surface area (Å²) < 4.78 is 28.4. The zero-order chi connectivity index (χ0) is 23.9. The lowest BCUT2D eigenvalue weighted by Crippen LogP contribution is -2.61. The van der Waals surface area contributed by atoms with Crippen LogP contribution in [0.1, 0.15) is 39.2 Å². The second-order valence-electron chi connectivity index (χ2n) is 9.95. The molecule has 0 radical (unpaired) electrons. The summed E-state index contributed by atoms with van der Waals surface area (Å²) in [6.45, 7) is 9.61. The molecule has 1 N–H and O–H groups in total. The zero-order valence-corrected chi connectivity index (χ0v) is 20.8. The van der Waals surface area contributed by atoms with Crippen LogP contribution >= 0.6 is 12.4 Å². The smallest absolute Gasteiger partial charge is 0.228 e. The largest absolute Gasteiger partial charge is 0.389 e. The number of likely N-dealkylation sites (tertiary alicyclic amines) is 1. The normalized spacial score (nSPS) is 29.3. The average molecular weight is 495 g/mol. The van der Waals surface area contributed by atoms with E-state index in [0.29, 0.717) is 37.6 Å². The number of hydrogen-bond donors (Lipinski definition) is 1. The van der Waals surface area contributed by atoms with Gasteiger partial charge >= 0.3 is 0 Å². The molecule has 1 aromatic heterocycles. The molecule has 9 heteroatoms. The highest BCUT2D eigenvalue weighted by Crippen LogP contribution is 2.41. The fourth-order valence-electron chi connectivity index (χ4n) is 5.89. The van der Waals surface area contributed by atoms with E-state index in [2.05, 4.69) is 10.2 Å². The molecule has 2 aromatic rings. The summed E-state index contributed by atoms with van der Waals surface area (Å²) in [5, 5.41) is 19.4. The molecular formula is C25H33ClF2N4O2. The van der Waals surface area contributed by atoms with Crippen LogP contribution in [-0.4, -0.2) is 57.9 Å². The monoisotopic (exact) mass is 494 g/mol. The number of carbonyl (C=O) groups excluding carboxylic acids is 1. The molecule has 1 aromatic carbocycles. The minimum absolute atomic E-state index is 0. The Kier molecular flexibility index (Phi) is 7.82. The van der Waals surface area contributed by atoms with Crippen LogP contribution in [0.15, 0.2) is 36.5 Å². The van der Waals surface area contributed by atoms with Crippen molar-refractivity contribution in [2.45, 2.75) is 39.2 Å². The third-order valence-electron chi connectivity index (χ3n) is 7.69. The predicted molar refractivity (Wildman–Crippen MR) is 129 cm³/mol. The highest BCUT2D eigenvalue weighted by molar-refractivity contribution is 5.85. The number of carbonyl (C=O) groups is 1. The Balaban J connectivity index is 0.00000324. The Morgan fingerprint density at radius 2 is 1.79 bits per heavy atom. The molecule has 4 rings (SSSR count). The Hall–Kier alpha value is -2.32. The molecule has 2 fully saturated rings. The molecule has 2 aliphatic rings. The standard InChI is InChI=1S/C25H32F2N4O2.ClH/c1-15(2)25(33)16(3)11-31(12-17(25)4)24(32)21-14-30(23-6-5-9-28-29-23)13-20(21)19-8-7-18(26)10-22(19)27;/h5-10,15-17,20-21,33H,11-14H2,1-4H3;1H/t16-,17+,20-,21+,25?;/m1./s1. The van der Waals surface area contributed by atoms with Crippen LogP contribution in [0.25, 0.3) is 0 Å². The number of aliphatic hydroxyl groups is 1. The third-order valence-corrected chi connectivity index (χ3v) is 7.69. The molecule has 0 aliphatic carbocycles. The minimum Gasteiger partial charge on any atom is -0.389 e. The van der Waals surface area contributed by atoms with Crippen LogP contribution < -0.4 is 4.90 Å². The van der Waals surface area contributed by atoms with E-state index in [1.54, 1.807) is 12.3 Å². The summed E-state index contributed by atoms with van der Waals surface area (Å²) in [5.74, 6) is -1.82. The Labute approximate surface area is 205 Å². The summed E-state index contributed by atoms with van der Waals surface area (Å²) in [4.78, 5) is 17.5. The van der Waals surface area contributed by atoms with Crippen molar-refractivity contribution in [1.29, 1.82) is 0 Å². The van der Waals surface area contributed by atoms with E-state index < -0.39 is 29.1 Å². The highest BCUT2D eigenvalue weighted by Gasteiger charge is 2.50. The van der Waals surface area contributed by atoms with E-state index in [4.69, 9.17) is 0 Å². The Morgan fingerprint density at radius 3 is 2.35 bits per heavy atom. The van der Waals surface area contributed by atoms with E-state index in [9.17, 15) is 18.7 Å². The van der Waals surface area contributed by atoms with Crippen molar-refractivity contribution in [1.82, 2.24) is 15.1 Å². The van der Waals surface area contributed by atoms with Crippen molar-refractivity contribution < 1.29 is 18.7 Å². The van der Waals surface area contributed by atoms with Crippen molar-refractivity contribution in [3.8, 4) is 0 Å². The van der Waals surface area contributed by atoms with Gasteiger partial charge in [-0.3, -0.25) is 4.79 Å². The number of amides is 1. The molecule has 186 valence electrons. The summed E-state index contributed by atoms with van der Waals surface area (Å²) in [6, 6.07) is 7.13. The van der Waals surface area contributed by atoms with Crippen molar-refractivity contribution in [3.05, 3.63) is 53.7 Å². The SMILES string of the molecule is CC(C)C1(O)[C@H](C)CN(C(=O)[C@H]2CN(c3cccnn3)C[C@@H]2c2ccc(F)cc2F)C[C@@H]1C.Cl. The van der Waals surface area contributed by atoms with Gasteiger partial charge in [-0.05, 0) is 29.7 Å².